The number of fused-ring (bicyclic) bond motifs is 7. The van der Waals surface area contributed by atoms with Crippen LogP contribution in [0.4, 0.5) is 11.4 Å². The summed E-state index contributed by atoms with van der Waals surface area (Å²) in [6.45, 7) is 15.3. The Morgan fingerprint density at radius 3 is 1.60 bits per heavy atom. The van der Waals surface area contributed by atoms with Gasteiger partial charge in [0.05, 0.1) is 0 Å². The third-order valence-corrected chi connectivity index (χ3v) is 18.7. The Labute approximate surface area is 498 Å². The lowest BCUT2D eigenvalue weighted by atomic mass is 9.34. The monoisotopic (exact) mass is 1090 g/mol. The van der Waals surface area contributed by atoms with Crippen LogP contribution in [-0.4, -0.2) is 17.8 Å². The normalized spacial score (nSPS) is 13.0. The second-order valence-corrected chi connectivity index (χ2v) is 25.9. The minimum absolute atomic E-state index is 0.0216. The SMILES string of the molecule is CC(C)(C)c1cc2ccc3cc(C(C)(C)C)cc4c(-c5ccc6c(c5)B5c7cc(-c8ccccc8)ccc7Oc7cc(Cn8c9ccccc9c9ccccc98)cc(c75)N6CCc5c(-c6ccccc6)cccc5-c5ccccc5)cc(c1)c2c34. The fraction of sp³-hybridized carbons (Fsp3) is 0.136. The average Bonchev–Trinajstić information content (AvgIpc) is 1.54. The molecule has 0 bridgehead atoms. The van der Waals surface area contributed by atoms with Crippen molar-refractivity contribution in [2.75, 3.05) is 11.4 Å². The molecule has 16 rings (SSSR count). The first kappa shape index (κ1) is 51.0. The Kier molecular flexibility index (Phi) is 11.7. The van der Waals surface area contributed by atoms with Crippen LogP contribution in [0.2, 0.25) is 0 Å². The highest BCUT2D eigenvalue weighted by molar-refractivity contribution is 6.99. The summed E-state index contributed by atoms with van der Waals surface area (Å²) in [5, 5.41) is 10.4. The van der Waals surface area contributed by atoms with E-state index in [0.29, 0.717) is 6.54 Å². The van der Waals surface area contributed by atoms with E-state index in [-0.39, 0.29) is 17.5 Å². The van der Waals surface area contributed by atoms with Crippen molar-refractivity contribution in [1.82, 2.24) is 4.57 Å². The van der Waals surface area contributed by atoms with Gasteiger partial charge in [0.15, 0.2) is 0 Å². The molecule has 0 N–H and O–H groups in total. The molecule has 0 radical (unpaired) electrons. The summed E-state index contributed by atoms with van der Waals surface area (Å²) in [5.74, 6) is 1.82. The molecule has 3 nitrogen and oxygen atoms in total. The number of para-hydroxylation sites is 2. The smallest absolute Gasteiger partial charge is 0.256 e. The summed E-state index contributed by atoms with van der Waals surface area (Å²) in [7, 11) is 0. The lowest BCUT2D eigenvalue weighted by molar-refractivity contribution is 0.486. The van der Waals surface area contributed by atoms with Gasteiger partial charge in [0.2, 0.25) is 0 Å². The first-order valence-electron chi connectivity index (χ1n) is 30.3. The highest BCUT2D eigenvalue weighted by Crippen LogP contribution is 2.47. The maximum atomic E-state index is 7.42. The molecular formula is C81H65BN2O. The highest BCUT2D eigenvalue weighted by atomic mass is 16.5. The Balaban J connectivity index is 0.956. The van der Waals surface area contributed by atoms with E-state index in [1.165, 1.54) is 149 Å². The van der Waals surface area contributed by atoms with Gasteiger partial charge in [-0.15, -0.1) is 0 Å². The molecule has 14 aromatic rings. The van der Waals surface area contributed by atoms with Gasteiger partial charge in [-0.25, -0.2) is 0 Å². The van der Waals surface area contributed by atoms with Gasteiger partial charge in [0.1, 0.15) is 11.5 Å². The van der Waals surface area contributed by atoms with Crippen molar-refractivity contribution in [3.05, 3.63) is 271 Å². The highest BCUT2D eigenvalue weighted by Gasteiger charge is 2.42. The summed E-state index contributed by atoms with van der Waals surface area (Å²) >= 11 is 0. The molecule has 0 saturated carbocycles. The van der Waals surface area contributed by atoms with Crippen LogP contribution in [-0.2, 0) is 23.8 Å². The van der Waals surface area contributed by atoms with Crippen molar-refractivity contribution < 1.29 is 4.74 Å². The molecule has 0 saturated heterocycles. The quantitative estimate of drug-likeness (QED) is 0.106. The van der Waals surface area contributed by atoms with Crippen LogP contribution in [0.25, 0.3) is 98.6 Å². The molecule has 0 unspecified atom stereocenters. The maximum absolute atomic E-state index is 7.42. The molecule has 85 heavy (non-hydrogen) atoms. The Morgan fingerprint density at radius 1 is 0.388 bits per heavy atom. The molecule has 0 aliphatic carbocycles. The van der Waals surface area contributed by atoms with E-state index in [1.807, 2.05) is 0 Å². The van der Waals surface area contributed by atoms with Gasteiger partial charge in [0.25, 0.3) is 6.71 Å². The fourth-order valence-corrected chi connectivity index (χ4v) is 14.4. The zero-order valence-corrected chi connectivity index (χ0v) is 49.2. The van der Waals surface area contributed by atoms with Crippen molar-refractivity contribution in [2.24, 2.45) is 0 Å². The lowest BCUT2D eigenvalue weighted by Crippen LogP contribution is -2.60. The van der Waals surface area contributed by atoms with Gasteiger partial charge in [-0.2, -0.15) is 0 Å². The van der Waals surface area contributed by atoms with Gasteiger partial charge in [-0.05, 0) is 181 Å². The molecule has 408 valence electrons. The Hall–Kier alpha value is -9.64. The van der Waals surface area contributed by atoms with Crippen LogP contribution in [0.5, 0.6) is 11.5 Å². The molecule has 13 aromatic carbocycles. The van der Waals surface area contributed by atoms with Gasteiger partial charge in [-0.1, -0.05) is 242 Å². The lowest BCUT2D eigenvalue weighted by Gasteiger charge is -2.41. The van der Waals surface area contributed by atoms with Gasteiger partial charge >= 0.3 is 0 Å². The molecule has 0 spiro atoms. The number of aromatic nitrogens is 1. The molecule has 0 atom stereocenters. The van der Waals surface area contributed by atoms with Crippen LogP contribution in [0.3, 0.4) is 0 Å². The molecule has 0 amide bonds. The number of benzene rings is 13. The number of anilines is 2. The summed E-state index contributed by atoms with van der Waals surface area (Å²) in [6.07, 6.45) is 0.794. The number of rotatable bonds is 9. The van der Waals surface area contributed by atoms with E-state index in [2.05, 4.69) is 300 Å². The maximum Gasteiger partial charge on any atom is 0.256 e. The second-order valence-electron chi connectivity index (χ2n) is 25.9. The van der Waals surface area contributed by atoms with Crippen molar-refractivity contribution >= 4 is 88.6 Å². The third-order valence-electron chi connectivity index (χ3n) is 18.7. The Bertz CT molecular complexity index is 4860. The predicted octanol–water partition coefficient (Wildman–Crippen LogP) is 19.3. The van der Waals surface area contributed by atoms with Crippen molar-refractivity contribution in [3.8, 4) is 56.0 Å². The van der Waals surface area contributed by atoms with Crippen molar-refractivity contribution in [2.45, 2.75) is 65.3 Å². The van der Waals surface area contributed by atoms with Crippen LogP contribution >= 0.6 is 0 Å². The van der Waals surface area contributed by atoms with Crippen LogP contribution in [0.1, 0.15) is 63.8 Å². The van der Waals surface area contributed by atoms with Crippen molar-refractivity contribution in [3.63, 3.8) is 0 Å². The van der Waals surface area contributed by atoms with Crippen LogP contribution in [0.15, 0.2) is 249 Å². The first-order chi connectivity index (χ1) is 41.4. The van der Waals surface area contributed by atoms with Gasteiger partial charge in [-0.3, -0.25) is 0 Å². The summed E-state index contributed by atoms with van der Waals surface area (Å²) in [4.78, 5) is 2.66. The summed E-state index contributed by atoms with van der Waals surface area (Å²) < 4.78 is 9.92. The molecular weight excluding hydrogens is 1030 g/mol. The van der Waals surface area contributed by atoms with Gasteiger partial charge < -0.3 is 14.2 Å². The van der Waals surface area contributed by atoms with E-state index in [4.69, 9.17) is 4.74 Å². The zero-order chi connectivity index (χ0) is 57.3. The van der Waals surface area contributed by atoms with E-state index in [9.17, 15) is 0 Å². The first-order valence-corrected chi connectivity index (χ1v) is 30.3. The minimum atomic E-state index is -0.129. The average molecular weight is 1090 g/mol. The summed E-state index contributed by atoms with van der Waals surface area (Å²) in [5.41, 5.74) is 23.5. The van der Waals surface area contributed by atoms with E-state index >= 15 is 0 Å². The van der Waals surface area contributed by atoms with Crippen LogP contribution in [0, 0.1) is 0 Å². The molecule has 0 fully saturated rings. The number of ether oxygens (including phenoxy) is 1. The molecule has 2 aliphatic heterocycles. The number of hydrogen-bond donors (Lipinski definition) is 0. The largest absolute Gasteiger partial charge is 0.458 e. The molecule has 2 aliphatic rings. The van der Waals surface area contributed by atoms with Crippen LogP contribution < -0.4 is 26.0 Å². The van der Waals surface area contributed by atoms with E-state index in [1.54, 1.807) is 0 Å². The standard InChI is InChI=1S/C81H65BN2O/c1-80(2,3)60-43-57-33-34-58-44-61(81(4,5)6)49-68-67(46-59(45-60)77(57)78(58)68)56-35-37-73-69(48-56)82-70-47-55(52-21-10-7-11-22-52)36-38-75(70)85-76-42-51(50-84-71-31-18-16-27-65(71)66-28-17-19-32-72(66)84)41-74(79(76)82)83(73)40-39-64-62(53-23-12-8-13-24-53)29-20-30-63(64)54-25-14-9-15-26-54/h7-38,41-49H,39-40,50H2,1-6H3. The topological polar surface area (TPSA) is 17.4 Å². The summed E-state index contributed by atoms with van der Waals surface area (Å²) in [6, 6.07) is 93.7. The van der Waals surface area contributed by atoms with E-state index < -0.39 is 0 Å². The van der Waals surface area contributed by atoms with E-state index in [0.717, 1.165) is 24.5 Å². The Morgan fingerprint density at radius 2 is 0.953 bits per heavy atom. The zero-order valence-electron chi connectivity index (χ0n) is 49.2. The second kappa shape index (κ2) is 19.5. The van der Waals surface area contributed by atoms with Crippen molar-refractivity contribution in [1.29, 1.82) is 0 Å². The third kappa shape index (κ3) is 8.47. The number of nitrogens with zero attached hydrogens (tertiary/aromatic N) is 2. The molecule has 1 aromatic heterocycles. The fourth-order valence-electron chi connectivity index (χ4n) is 14.4. The predicted molar refractivity (Wildman–Crippen MR) is 363 cm³/mol. The van der Waals surface area contributed by atoms with Gasteiger partial charge in [0, 0.05) is 46.3 Å². The minimum Gasteiger partial charge on any atom is -0.458 e. The number of hydrogen-bond acceptors (Lipinski definition) is 2. The molecule has 4 heteroatoms. The molecule has 3 heterocycles.